The molecule has 0 atom stereocenters. The third-order valence-corrected chi connectivity index (χ3v) is 10.4. The Labute approximate surface area is 312 Å². The molecule has 3 fully saturated rings. The number of hydrogen-bond donors (Lipinski definition) is 1. The highest BCUT2D eigenvalue weighted by Crippen LogP contribution is 2.38. The van der Waals surface area contributed by atoms with E-state index in [1.807, 2.05) is 49.4 Å². The smallest absolute Gasteiger partial charge is 0.275 e. The number of nitrogens with one attached hydrogen (secondary N) is 1. The summed E-state index contributed by atoms with van der Waals surface area (Å²) in [6.45, 7) is 17.0. The van der Waals surface area contributed by atoms with Gasteiger partial charge in [-0.25, -0.2) is 9.97 Å². The van der Waals surface area contributed by atoms with Crippen LogP contribution in [0.3, 0.4) is 0 Å². The number of likely N-dealkylation sites (N-methyl/N-ethyl adjacent to an activating group) is 1. The summed E-state index contributed by atoms with van der Waals surface area (Å²) in [7, 11) is 3.60. The first kappa shape index (κ1) is 37.5. The lowest BCUT2D eigenvalue weighted by molar-refractivity contribution is -0.125. The first-order valence-electron chi connectivity index (χ1n) is 18.2. The summed E-state index contributed by atoms with van der Waals surface area (Å²) in [6, 6.07) is 6.20. The van der Waals surface area contributed by atoms with Gasteiger partial charge in [0.1, 0.15) is 23.9 Å². The number of aromatic nitrogens is 2. The zero-order chi connectivity index (χ0) is 37.9. The summed E-state index contributed by atoms with van der Waals surface area (Å²) in [6.07, 6.45) is 13.1. The molecule has 0 saturated carbocycles. The second-order valence-corrected chi connectivity index (χ2v) is 15.1. The Balaban J connectivity index is 1.25. The van der Waals surface area contributed by atoms with E-state index in [0.717, 1.165) is 68.3 Å². The van der Waals surface area contributed by atoms with Crippen molar-refractivity contribution in [2.75, 3.05) is 75.1 Å². The second kappa shape index (κ2) is 15.7. The molecule has 13 nitrogen and oxygen atoms in total. The number of nitroso groups, excluding NO2 is 1. The van der Waals surface area contributed by atoms with Gasteiger partial charge in [0.2, 0.25) is 5.91 Å². The maximum absolute atomic E-state index is 14.1. The third kappa shape index (κ3) is 8.51. The molecule has 2 aromatic heterocycles. The number of carbonyl (C=O) groups is 2. The van der Waals surface area contributed by atoms with Crippen molar-refractivity contribution in [3.63, 3.8) is 0 Å². The average Bonchev–Trinajstić information content (AvgIpc) is 3.44. The summed E-state index contributed by atoms with van der Waals surface area (Å²) >= 11 is 0. The molecule has 1 N–H and O–H groups in total. The van der Waals surface area contributed by atoms with Crippen molar-refractivity contribution in [1.82, 2.24) is 24.7 Å². The third-order valence-electron chi connectivity index (χ3n) is 10.4. The highest BCUT2D eigenvalue weighted by atomic mass is 16.5. The van der Waals surface area contributed by atoms with Crippen LogP contribution in [0.5, 0.6) is 0 Å². The van der Waals surface area contributed by atoms with Gasteiger partial charge in [0.25, 0.3) is 5.91 Å². The molecule has 0 aromatic carbocycles. The standard InChI is InChI=1S/C40H51N9O4/c1-27(44-37-9-8-32(21-42-37)47-15-17-48(28(2)23-47)33-25-53-26-33)18-31(24-46(7)29(3)50)34-11-13-41-38(35(34)22-43-52)49-16-14-45(6)36(39(49)51)19-30-10-12-40(4,5)20-30/h8-11,13,18-19,21,24,33H,2,12,14-17,20,22-23,25-26H2,1,3-7H3,(H,42,44)/b27-18+,31-24+,36-19-. The average molecular weight is 722 g/mol. The Hall–Kier alpha value is -5.30. The molecule has 4 aliphatic rings. The Morgan fingerprint density at radius 1 is 1.15 bits per heavy atom. The van der Waals surface area contributed by atoms with Gasteiger partial charge in [0, 0.05) is 82.1 Å². The lowest BCUT2D eigenvalue weighted by Crippen LogP contribution is -2.55. The fraction of sp³-hybridized carbons (Fsp3) is 0.450. The molecule has 2 amide bonds. The van der Waals surface area contributed by atoms with Gasteiger partial charge in [-0.05, 0) is 66.7 Å². The van der Waals surface area contributed by atoms with Crippen LogP contribution in [-0.4, -0.2) is 103 Å². The van der Waals surface area contributed by atoms with E-state index in [-0.39, 0.29) is 23.8 Å². The Morgan fingerprint density at radius 2 is 1.94 bits per heavy atom. The van der Waals surface area contributed by atoms with E-state index >= 15 is 0 Å². The first-order chi connectivity index (χ1) is 25.3. The number of pyridine rings is 2. The summed E-state index contributed by atoms with van der Waals surface area (Å²) in [5, 5.41) is 6.63. The van der Waals surface area contributed by atoms with E-state index in [0.29, 0.717) is 53.2 Å². The first-order valence-corrected chi connectivity index (χ1v) is 18.2. The van der Waals surface area contributed by atoms with E-state index < -0.39 is 0 Å². The van der Waals surface area contributed by atoms with E-state index in [2.05, 4.69) is 51.8 Å². The zero-order valence-corrected chi connectivity index (χ0v) is 31.8. The predicted molar refractivity (Wildman–Crippen MR) is 209 cm³/mol. The van der Waals surface area contributed by atoms with Crippen LogP contribution >= 0.6 is 0 Å². The molecule has 0 radical (unpaired) electrons. The molecular formula is C40H51N9O4. The zero-order valence-electron chi connectivity index (χ0n) is 31.8. The molecule has 13 heteroatoms. The van der Waals surface area contributed by atoms with Crippen LogP contribution in [0.2, 0.25) is 0 Å². The molecule has 2 aromatic rings. The minimum absolute atomic E-state index is 0.161. The summed E-state index contributed by atoms with van der Waals surface area (Å²) in [5.41, 5.74) is 6.51. The quantitative estimate of drug-likeness (QED) is 0.180. The van der Waals surface area contributed by atoms with Crippen LogP contribution in [0, 0.1) is 10.3 Å². The lowest BCUT2D eigenvalue weighted by atomic mass is 9.89. The molecular weight excluding hydrogens is 670 g/mol. The number of nitrogens with zero attached hydrogens (tertiary/aromatic N) is 8. The van der Waals surface area contributed by atoms with Crippen molar-refractivity contribution in [3.8, 4) is 0 Å². The molecule has 3 aliphatic heterocycles. The summed E-state index contributed by atoms with van der Waals surface area (Å²) < 4.78 is 5.37. The molecule has 1 aliphatic carbocycles. The van der Waals surface area contributed by atoms with E-state index in [1.165, 1.54) is 11.8 Å². The van der Waals surface area contributed by atoms with Crippen molar-refractivity contribution < 1.29 is 14.3 Å². The molecule has 0 unspecified atom stereocenters. The Bertz CT molecular complexity index is 1880. The normalized spacial score (nSPS) is 20.5. The molecule has 5 heterocycles. The van der Waals surface area contributed by atoms with Crippen LogP contribution in [0.1, 0.15) is 51.7 Å². The number of allylic oxidation sites excluding steroid dienone is 6. The van der Waals surface area contributed by atoms with Crippen molar-refractivity contribution in [2.24, 2.45) is 10.6 Å². The van der Waals surface area contributed by atoms with Crippen LogP contribution < -0.4 is 15.1 Å². The lowest BCUT2D eigenvalue weighted by Gasteiger charge is -2.45. The van der Waals surface area contributed by atoms with Crippen molar-refractivity contribution >= 4 is 34.7 Å². The maximum atomic E-state index is 14.1. The van der Waals surface area contributed by atoms with Gasteiger partial charge >= 0.3 is 0 Å². The molecule has 6 rings (SSSR count). The summed E-state index contributed by atoms with van der Waals surface area (Å²) in [5.74, 6) is 0.679. The SMILES string of the molecule is C=C1CN(c2ccc(N/C(C)=C/C(=C\N(C)C(C)=O)c3ccnc(N4CCN(C)/C(=C\C5=CCC(C)(C)C5)C4=O)c3CN=O)nc2)CCN1C1COC1. The van der Waals surface area contributed by atoms with Crippen LogP contribution in [0.25, 0.3) is 5.57 Å². The van der Waals surface area contributed by atoms with Crippen molar-refractivity contribution in [3.05, 3.63) is 100 Å². The van der Waals surface area contributed by atoms with Gasteiger partial charge in [0.15, 0.2) is 0 Å². The number of amides is 2. The van der Waals surface area contributed by atoms with Gasteiger partial charge in [0.05, 0.1) is 37.7 Å². The minimum Gasteiger partial charge on any atom is -0.377 e. The van der Waals surface area contributed by atoms with Crippen LogP contribution in [0.15, 0.2) is 89.4 Å². The van der Waals surface area contributed by atoms with Gasteiger partial charge in [-0.2, -0.15) is 4.91 Å². The second-order valence-electron chi connectivity index (χ2n) is 15.1. The number of anilines is 3. The highest BCUT2D eigenvalue weighted by Gasteiger charge is 2.33. The van der Waals surface area contributed by atoms with Gasteiger partial charge in [-0.1, -0.05) is 31.7 Å². The predicted octanol–water partition coefficient (Wildman–Crippen LogP) is 5.52. The minimum atomic E-state index is -0.212. The topological polar surface area (TPSA) is 127 Å². The monoisotopic (exact) mass is 721 g/mol. The Kier molecular flexibility index (Phi) is 11.1. The highest BCUT2D eigenvalue weighted by molar-refractivity contribution is 6.06. The largest absolute Gasteiger partial charge is 0.377 e. The summed E-state index contributed by atoms with van der Waals surface area (Å²) in [4.78, 5) is 57.5. The van der Waals surface area contributed by atoms with Crippen LogP contribution in [-0.2, 0) is 20.9 Å². The molecule has 0 bridgehead atoms. The number of rotatable bonds is 11. The fourth-order valence-corrected chi connectivity index (χ4v) is 7.19. The molecule has 0 spiro atoms. The van der Waals surface area contributed by atoms with E-state index in [9.17, 15) is 14.5 Å². The van der Waals surface area contributed by atoms with Gasteiger partial charge in [-0.3, -0.25) is 14.5 Å². The number of carbonyl (C=O) groups excluding carboxylic acids is 2. The number of ether oxygens (including phenoxy) is 1. The van der Waals surface area contributed by atoms with E-state index in [4.69, 9.17) is 9.72 Å². The van der Waals surface area contributed by atoms with Gasteiger partial charge in [-0.15, -0.1) is 0 Å². The van der Waals surface area contributed by atoms with Crippen molar-refractivity contribution in [1.29, 1.82) is 0 Å². The molecule has 3 saturated heterocycles. The Morgan fingerprint density at radius 3 is 2.57 bits per heavy atom. The number of hydrogen-bond acceptors (Lipinski definition) is 11. The molecule has 280 valence electrons. The van der Waals surface area contributed by atoms with Crippen molar-refractivity contribution in [2.45, 2.75) is 53.1 Å². The maximum Gasteiger partial charge on any atom is 0.275 e. The van der Waals surface area contributed by atoms with Crippen LogP contribution in [0.4, 0.5) is 17.3 Å². The fourth-order valence-electron chi connectivity index (χ4n) is 7.19. The van der Waals surface area contributed by atoms with E-state index in [1.54, 1.807) is 30.4 Å². The molecule has 53 heavy (non-hydrogen) atoms. The number of piperazine rings is 2. The van der Waals surface area contributed by atoms with Gasteiger partial charge < -0.3 is 29.7 Å².